The fourth-order valence-corrected chi connectivity index (χ4v) is 2.81. The van der Waals surface area contributed by atoms with Gasteiger partial charge < -0.3 is 14.4 Å². The van der Waals surface area contributed by atoms with Crippen LogP contribution in [0.4, 0.5) is 10.1 Å². The van der Waals surface area contributed by atoms with E-state index in [0.717, 1.165) is 5.56 Å². The number of carbonyl (C=O) groups is 1. The van der Waals surface area contributed by atoms with Crippen molar-refractivity contribution in [2.45, 2.75) is 26.3 Å². The van der Waals surface area contributed by atoms with Crippen LogP contribution in [-0.2, 0) is 11.3 Å². The number of hydrogen-bond donors (Lipinski definition) is 0. The molecular weight excluding hydrogens is 335 g/mol. The Hall–Kier alpha value is -3.07. The number of carbonyl (C=O) groups excluding carboxylic acids is 1. The van der Waals surface area contributed by atoms with Gasteiger partial charge in [0.1, 0.15) is 19.0 Å². The average molecular weight is 354 g/mol. The molecule has 0 spiro atoms. The van der Waals surface area contributed by atoms with Crippen LogP contribution in [0.5, 0.6) is 11.5 Å². The summed E-state index contributed by atoms with van der Waals surface area (Å²) in [4.78, 5) is 14.0. The highest BCUT2D eigenvalue weighted by molar-refractivity contribution is 5.93. The van der Waals surface area contributed by atoms with Crippen LogP contribution >= 0.6 is 0 Å². The molecule has 0 bridgehead atoms. The van der Waals surface area contributed by atoms with Gasteiger partial charge in [-0.2, -0.15) is 5.26 Å². The lowest BCUT2D eigenvalue weighted by Crippen LogP contribution is -2.31. The van der Waals surface area contributed by atoms with Gasteiger partial charge in [-0.15, -0.1) is 0 Å². The minimum atomic E-state index is -0.536. The van der Waals surface area contributed by atoms with Gasteiger partial charge in [0.2, 0.25) is 5.91 Å². The van der Waals surface area contributed by atoms with E-state index < -0.39 is 5.82 Å². The average Bonchev–Trinajstić information content (AvgIpc) is 2.67. The molecule has 0 radical (unpaired) electrons. The summed E-state index contributed by atoms with van der Waals surface area (Å²) in [5.41, 5.74) is 1.20. The molecule has 0 saturated heterocycles. The molecule has 5 nitrogen and oxygen atoms in total. The summed E-state index contributed by atoms with van der Waals surface area (Å²) in [5.74, 6) is 0.536. The van der Waals surface area contributed by atoms with Gasteiger partial charge in [0.05, 0.1) is 23.9 Å². The van der Waals surface area contributed by atoms with E-state index in [1.54, 1.807) is 12.1 Å². The lowest BCUT2D eigenvalue weighted by molar-refractivity contribution is -0.118. The van der Waals surface area contributed by atoms with E-state index in [1.807, 2.05) is 19.1 Å². The number of halogens is 1. The molecule has 1 aliphatic heterocycles. The zero-order chi connectivity index (χ0) is 18.5. The molecule has 1 aliphatic rings. The molecule has 3 rings (SSSR count). The first-order chi connectivity index (χ1) is 12.6. The third-order valence-electron chi connectivity index (χ3n) is 4.08. The fourth-order valence-electron chi connectivity index (χ4n) is 2.81. The number of rotatable bonds is 5. The van der Waals surface area contributed by atoms with E-state index in [0.29, 0.717) is 43.1 Å². The van der Waals surface area contributed by atoms with Gasteiger partial charge in [0.25, 0.3) is 0 Å². The molecular formula is C20H19FN2O3. The Morgan fingerprint density at radius 3 is 2.69 bits per heavy atom. The van der Waals surface area contributed by atoms with Gasteiger partial charge in [-0.3, -0.25) is 4.79 Å². The van der Waals surface area contributed by atoms with Gasteiger partial charge in [-0.1, -0.05) is 13.0 Å². The number of hydrogen-bond acceptors (Lipinski definition) is 4. The number of amides is 1. The smallest absolute Gasteiger partial charge is 0.227 e. The molecule has 2 aromatic carbocycles. The topological polar surface area (TPSA) is 62.6 Å². The molecule has 1 amide bonds. The molecule has 0 aliphatic carbocycles. The second-order valence-electron chi connectivity index (χ2n) is 5.99. The maximum absolute atomic E-state index is 14.4. The highest BCUT2D eigenvalue weighted by Gasteiger charge is 2.21. The second-order valence-corrected chi connectivity index (χ2v) is 5.99. The van der Waals surface area contributed by atoms with E-state index in [1.165, 1.54) is 23.1 Å². The SMILES string of the molecule is CCCC(=O)N(Cc1ccc2c(c1)OCCO2)c1cc(C#N)ccc1F. The minimum Gasteiger partial charge on any atom is -0.486 e. The minimum absolute atomic E-state index is 0.109. The van der Waals surface area contributed by atoms with E-state index in [9.17, 15) is 9.18 Å². The Morgan fingerprint density at radius 1 is 1.19 bits per heavy atom. The molecule has 0 unspecified atom stereocenters. The van der Waals surface area contributed by atoms with Gasteiger partial charge in [-0.25, -0.2) is 4.39 Å². The Bertz CT molecular complexity index is 861. The molecule has 2 aromatic rings. The number of nitriles is 1. The zero-order valence-corrected chi connectivity index (χ0v) is 14.5. The predicted octanol–water partition coefficient (Wildman–Crippen LogP) is 3.80. The van der Waals surface area contributed by atoms with E-state index in [-0.39, 0.29) is 18.1 Å². The first-order valence-corrected chi connectivity index (χ1v) is 8.51. The summed E-state index contributed by atoms with van der Waals surface area (Å²) < 4.78 is 25.5. The summed E-state index contributed by atoms with van der Waals surface area (Å²) in [6, 6.07) is 11.4. The zero-order valence-electron chi connectivity index (χ0n) is 14.5. The maximum Gasteiger partial charge on any atom is 0.227 e. The number of ether oxygens (including phenoxy) is 2. The summed E-state index contributed by atoms with van der Waals surface area (Å²) in [7, 11) is 0. The van der Waals surface area contributed by atoms with Gasteiger partial charge in [-0.05, 0) is 42.3 Å². The first kappa shape index (κ1) is 17.7. The van der Waals surface area contributed by atoms with Crippen molar-refractivity contribution in [1.29, 1.82) is 5.26 Å². The molecule has 0 saturated carbocycles. The number of anilines is 1. The Labute approximate surface area is 151 Å². The lowest BCUT2D eigenvalue weighted by Gasteiger charge is -2.25. The van der Waals surface area contributed by atoms with Crippen LogP contribution < -0.4 is 14.4 Å². The highest BCUT2D eigenvalue weighted by atomic mass is 19.1. The Morgan fingerprint density at radius 2 is 1.96 bits per heavy atom. The van der Waals surface area contributed by atoms with Gasteiger partial charge in [0.15, 0.2) is 11.5 Å². The highest BCUT2D eigenvalue weighted by Crippen LogP contribution is 2.32. The fraction of sp³-hybridized carbons (Fsp3) is 0.300. The quantitative estimate of drug-likeness (QED) is 0.819. The maximum atomic E-state index is 14.4. The number of nitrogens with zero attached hydrogens (tertiary/aromatic N) is 2. The third kappa shape index (κ3) is 3.77. The second kappa shape index (κ2) is 7.87. The molecule has 0 N–H and O–H groups in total. The molecule has 26 heavy (non-hydrogen) atoms. The van der Waals surface area contributed by atoms with Crippen molar-refractivity contribution in [2.75, 3.05) is 18.1 Å². The molecule has 0 aromatic heterocycles. The molecule has 0 atom stereocenters. The van der Waals surface area contributed by atoms with Crippen LogP contribution in [-0.4, -0.2) is 19.1 Å². The van der Waals surface area contributed by atoms with Crippen LogP contribution in [0.3, 0.4) is 0 Å². The van der Waals surface area contributed by atoms with Crippen molar-refractivity contribution >= 4 is 11.6 Å². The number of benzene rings is 2. The van der Waals surface area contributed by atoms with Crippen molar-refractivity contribution in [3.8, 4) is 17.6 Å². The summed E-state index contributed by atoms with van der Waals surface area (Å²) in [6.07, 6.45) is 0.941. The Balaban J connectivity index is 1.95. The van der Waals surface area contributed by atoms with E-state index >= 15 is 0 Å². The van der Waals surface area contributed by atoms with Crippen LogP contribution in [0.15, 0.2) is 36.4 Å². The normalized spacial score (nSPS) is 12.3. The molecule has 134 valence electrons. The van der Waals surface area contributed by atoms with Gasteiger partial charge in [0, 0.05) is 6.42 Å². The molecule has 1 heterocycles. The van der Waals surface area contributed by atoms with Gasteiger partial charge >= 0.3 is 0 Å². The Kier molecular flexibility index (Phi) is 5.37. The molecule has 6 heteroatoms. The summed E-state index contributed by atoms with van der Waals surface area (Å²) in [5, 5.41) is 9.09. The van der Waals surface area contributed by atoms with Crippen LogP contribution in [0, 0.1) is 17.1 Å². The first-order valence-electron chi connectivity index (χ1n) is 8.51. The van der Waals surface area contributed by atoms with Crippen molar-refractivity contribution in [3.05, 3.63) is 53.3 Å². The lowest BCUT2D eigenvalue weighted by atomic mass is 10.1. The van der Waals surface area contributed by atoms with Crippen molar-refractivity contribution in [3.63, 3.8) is 0 Å². The summed E-state index contributed by atoms with van der Waals surface area (Å²) >= 11 is 0. The summed E-state index contributed by atoms with van der Waals surface area (Å²) in [6.45, 7) is 3.04. The number of fused-ring (bicyclic) bond motifs is 1. The van der Waals surface area contributed by atoms with Crippen molar-refractivity contribution < 1.29 is 18.7 Å². The monoisotopic (exact) mass is 354 g/mol. The van der Waals surface area contributed by atoms with Crippen LogP contribution in [0.2, 0.25) is 0 Å². The van der Waals surface area contributed by atoms with E-state index in [4.69, 9.17) is 14.7 Å². The predicted molar refractivity (Wildman–Crippen MR) is 94.6 cm³/mol. The molecule has 0 fully saturated rings. The van der Waals surface area contributed by atoms with Crippen LogP contribution in [0.1, 0.15) is 30.9 Å². The van der Waals surface area contributed by atoms with Crippen molar-refractivity contribution in [1.82, 2.24) is 0 Å². The largest absolute Gasteiger partial charge is 0.486 e. The van der Waals surface area contributed by atoms with Crippen LogP contribution in [0.25, 0.3) is 0 Å². The van der Waals surface area contributed by atoms with Crippen molar-refractivity contribution in [2.24, 2.45) is 0 Å². The third-order valence-corrected chi connectivity index (χ3v) is 4.08. The van der Waals surface area contributed by atoms with E-state index in [2.05, 4.69) is 0 Å². The standard InChI is InChI=1S/C20H19FN2O3/c1-2-3-20(24)23(17-10-14(12-22)4-6-16(17)21)13-15-5-7-18-19(11-15)26-9-8-25-18/h4-7,10-11H,2-3,8-9,13H2,1H3.